The molecule has 4 nitrogen and oxygen atoms in total. The third kappa shape index (κ3) is 1.56. The molecule has 19 heavy (non-hydrogen) atoms. The minimum absolute atomic E-state index is 0.0967. The number of ether oxygens (including phenoxy) is 1. The summed E-state index contributed by atoms with van der Waals surface area (Å²) in [4.78, 5) is 11.8. The van der Waals surface area contributed by atoms with Gasteiger partial charge in [-0.15, -0.1) is 0 Å². The molecule has 1 saturated heterocycles. The van der Waals surface area contributed by atoms with Crippen LogP contribution < -0.4 is 0 Å². The van der Waals surface area contributed by atoms with Crippen LogP contribution in [0.2, 0.25) is 0 Å². The lowest BCUT2D eigenvalue weighted by molar-refractivity contribution is -0.176. The molecule has 3 rings (SSSR count). The molecular formula is C15H22O4. The van der Waals surface area contributed by atoms with Gasteiger partial charge in [0, 0.05) is 11.8 Å². The zero-order valence-corrected chi connectivity index (χ0v) is 11.7. The summed E-state index contributed by atoms with van der Waals surface area (Å²) in [6.45, 7) is 5.55. The van der Waals surface area contributed by atoms with Crippen LogP contribution in [-0.4, -0.2) is 33.5 Å². The van der Waals surface area contributed by atoms with Crippen LogP contribution in [0.5, 0.6) is 0 Å². The Morgan fingerprint density at radius 2 is 2.11 bits per heavy atom. The number of carbonyl (C=O) groups excluding carboxylic acids is 1. The average molecular weight is 266 g/mol. The maximum absolute atomic E-state index is 11.8. The van der Waals surface area contributed by atoms with E-state index in [2.05, 4.69) is 0 Å². The second-order valence-electron chi connectivity index (χ2n) is 6.72. The Balaban J connectivity index is 2.06. The molecule has 0 aromatic carbocycles. The van der Waals surface area contributed by atoms with E-state index in [-0.39, 0.29) is 29.8 Å². The molecule has 0 spiro atoms. The minimum atomic E-state index is -1.21. The molecule has 2 fully saturated rings. The van der Waals surface area contributed by atoms with Crippen LogP contribution >= 0.6 is 0 Å². The molecule has 0 aromatic rings. The Bertz CT molecular complexity index is 453. The third-order valence-electron chi connectivity index (χ3n) is 5.65. The van der Waals surface area contributed by atoms with Crippen molar-refractivity contribution in [2.75, 3.05) is 0 Å². The average Bonchev–Trinajstić information content (AvgIpc) is 2.75. The van der Waals surface area contributed by atoms with Gasteiger partial charge in [0.2, 0.25) is 0 Å². The normalized spacial score (nSPS) is 53.1. The second-order valence-corrected chi connectivity index (χ2v) is 6.72. The van der Waals surface area contributed by atoms with E-state index in [1.54, 1.807) is 6.92 Å². The largest absolute Gasteiger partial charge is 0.461 e. The topological polar surface area (TPSA) is 66.8 Å². The summed E-state index contributed by atoms with van der Waals surface area (Å²) in [7, 11) is 0. The predicted molar refractivity (Wildman–Crippen MR) is 69.2 cm³/mol. The molecule has 3 aliphatic rings. The Kier molecular flexibility index (Phi) is 2.64. The minimum Gasteiger partial charge on any atom is -0.461 e. The van der Waals surface area contributed by atoms with E-state index >= 15 is 0 Å². The predicted octanol–water partition coefficient (Wildman–Crippen LogP) is 1.41. The first-order chi connectivity index (χ1) is 8.78. The van der Waals surface area contributed by atoms with Crippen LogP contribution in [0.3, 0.4) is 0 Å². The Morgan fingerprint density at radius 1 is 1.42 bits per heavy atom. The summed E-state index contributed by atoms with van der Waals surface area (Å²) in [6.07, 6.45) is 3.34. The monoisotopic (exact) mass is 266 g/mol. The third-order valence-corrected chi connectivity index (χ3v) is 5.65. The van der Waals surface area contributed by atoms with Crippen molar-refractivity contribution in [2.45, 2.75) is 57.3 Å². The Labute approximate surface area is 113 Å². The van der Waals surface area contributed by atoms with Crippen molar-refractivity contribution < 1.29 is 19.7 Å². The number of aliphatic hydroxyl groups is 2. The second kappa shape index (κ2) is 3.83. The van der Waals surface area contributed by atoms with Crippen molar-refractivity contribution >= 4 is 5.97 Å². The van der Waals surface area contributed by atoms with Crippen molar-refractivity contribution in [3.8, 4) is 0 Å². The molecule has 2 N–H and O–H groups in total. The number of rotatable bonds is 0. The first-order valence-electron chi connectivity index (χ1n) is 7.10. The SMILES string of the molecule is CC1=CC[C@@]2(O)[C@H]1[C@H]1OC(=O)[C@@H](C)[C@@H]1CC[C@@]2(C)O. The smallest absolute Gasteiger partial charge is 0.309 e. The lowest BCUT2D eigenvalue weighted by atomic mass is 9.72. The summed E-state index contributed by atoms with van der Waals surface area (Å²) in [5.74, 6) is -0.488. The maximum Gasteiger partial charge on any atom is 0.309 e. The molecule has 0 radical (unpaired) electrons. The van der Waals surface area contributed by atoms with Gasteiger partial charge in [0.15, 0.2) is 0 Å². The van der Waals surface area contributed by atoms with Gasteiger partial charge in [-0.2, -0.15) is 0 Å². The van der Waals surface area contributed by atoms with Gasteiger partial charge in [0.1, 0.15) is 11.7 Å². The van der Waals surface area contributed by atoms with Crippen molar-refractivity contribution in [3.63, 3.8) is 0 Å². The van der Waals surface area contributed by atoms with Gasteiger partial charge in [-0.1, -0.05) is 18.6 Å². The van der Waals surface area contributed by atoms with Gasteiger partial charge in [0.25, 0.3) is 0 Å². The molecule has 6 atom stereocenters. The van der Waals surface area contributed by atoms with E-state index in [0.717, 1.165) is 12.0 Å². The summed E-state index contributed by atoms with van der Waals surface area (Å²) < 4.78 is 5.55. The molecule has 0 amide bonds. The van der Waals surface area contributed by atoms with E-state index in [1.807, 2.05) is 19.9 Å². The molecule has 2 aliphatic carbocycles. The van der Waals surface area contributed by atoms with Crippen LogP contribution in [0.15, 0.2) is 11.6 Å². The van der Waals surface area contributed by atoms with Crippen molar-refractivity contribution in [1.29, 1.82) is 0 Å². The first-order valence-corrected chi connectivity index (χ1v) is 7.10. The highest BCUT2D eigenvalue weighted by molar-refractivity contribution is 5.75. The number of hydrogen-bond acceptors (Lipinski definition) is 4. The van der Waals surface area contributed by atoms with Crippen molar-refractivity contribution in [2.24, 2.45) is 17.8 Å². The molecule has 1 heterocycles. The lowest BCUT2D eigenvalue weighted by Crippen LogP contribution is -2.56. The summed E-state index contributed by atoms with van der Waals surface area (Å²) in [6, 6.07) is 0. The fourth-order valence-corrected chi connectivity index (χ4v) is 4.21. The highest BCUT2D eigenvalue weighted by atomic mass is 16.6. The van der Waals surface area contributed by atoms with Crippen LogP contribution in [-0.2, 0) is 9.53 Å². The van der Waals surface area contributed by atoms with E-state index in [4.69, 9.17) is 4.74 Å². The number of esters is 1. The molecule has 106 valence electrons. The maximum atomic E-state index is 11.8. The summed E-state index contributed by atoms with van der Waals surface area (Å²) in [5, 5.41) is 21.7. The van der Waals surface area contributed by atoms with E-state index < -0.39 is 11.2 Å². The fraction of sp³-hybridized carbons (Fsp3) is 0.800. The van der Waals surface area contributed by atoms with Gasteiger partial charge >= 0.3 is 5.97 Å². The van der Waals surface area contributed by atoms with E-state index in [1.165, 1.54) is 0 Å². The van der Waals surface area contributed by atoms with Gasteiger partial charge in [-0.05, 0) is 33.1 Å². The lowest BCUT2D eigenvalue weighted by Gasteiger charge is -2.43. The van der Waals surface area contributed by atoms with Gasteiger partial charge in [-0.3, -0.25) is 4.79 Å². The molecule has 1 saturated carbocycles. The molecule has 4 heteroatoms. The Morgan fingerprint density at radius 3 is 2.79 bits per heavy atom. The quantitative estimate of drug-likeness (QED) is 0.514. The highest BCUT2D eigenvalue weighted by Crippen LogP contribution is 2.54. The van der Waals surface area contributed by atoms with Crippen molar-refractivity contribution in [1.82, 2.24) is 0 Å². The van der Waals surface area contributed by atoms with E-state index in [0.29, 0.717) is 12.8 Å². The van der Waals surface area contributed by atoms with Gasteiger partial charge < -0.3 is 14.9 Å². The zero-order valence-electron chi connectivity index (χ0n) is 11.7. The molecule has 0 unspecified atom stereocenters. The number of hydrogen-bond donors (Lipinski definition) is 2. The zero-order chi connectivity index (χ0) is 14.0. The standard InChI is InChI=1S/C15H22O4/c1-8-4-7-15(18)11(8)12-10(5-6-14(15,3)17)9(2)13(16)19-12/h4,9-12,17-18H,5-7H2,1-3H3/t9-,10-,11+,12-,14+,15+/m0/s1. The van der Waals surface area contributed by atoms with Crippen LogP contribution in [0, 0.1) is 17.8 Å². The van der Waals surface area contributed by atoms with Crippen molar-refractivity contribution in [3.05, 3.63) is 11.6 Å². The van der Waals surface area contributed by atoms with Crippen LogP contribution in [0.25, 0.3) is 0 Å². The summed E-state index contributed by atoms with van der Waals surface area (Å²) in [5.41, 5.74) is -1.31. The van der Waals surface area contributed by atoms with E-state index in [9.17, 15) is 15.0 Å². The number of fused-ring (bicyclic) bond motifs is 3. The Hall–Kier alpha value is -0.870. The number of carbonyl (C=O) groups is 1. The van der Waals surface area contributed by atoms with Gasteiger partial charge in [-0.25, -0.2) is 0 Å². The summed E-state index contributed by atoms with van der Waals surface area (Å²) >= 11 is 0. The molecule has 0 bridgehead atoms. The van der Waals surface area contributed by atoms with Crippen LogP contribution in [0.1, 0.15) is 40.0 Å². The van der Waals surface area contributed by atoms with Gasteiger partial charge in [0.05, 0.1) is 11.5 Å². The molecule has 0 aromatic heterocycles. The highest BCUT2D eigenvalue weighted by Gasteiger charge is 2.62. The molecular weight excluding hydrogens is 244 g/mol. The first kappa shape index (κ1) is 13.1. The van der Waals surface area contributed by atoms with Crippen LogP contribution in [0.4, 0.5) is 0 Å². The fourth-order valence-electron chi connectivity index (χ4n) is 4.21. The molecule has 1 aliphatic heterocycles.